The van der Waals surface area contributed by atoms with Gasteiger partial charge in [-0.3, -0.25) is 4.90 Å². The van der Waals surface area contributed by atoms with E-state index in [-0.39, 0.29) is 0 Å². The van der Waals surface area contributed by atoms with E-state index in [1.54, 1.807) is 0 Å². The molecule has 2 rings (SSSR count). The van der Waals surface area contributed by atoms with Gasteiger partial charge in [0.15, 0.2) is 0 Å². The molecule has 0 radical (unpaired) electrons. The largest absolute Gasteiger partial charge is 0.383 e. The molecule has 1 saturated heterocycles. The molecular weight excluding hydrogens is 234 g/mol. The van der Waals surface area contributed by atoms with Crippen LogP contribution in [0.5, 0.6) is 0 Å². The predicted octanol–water partition coefficient (Wildman–Crippen LogP) is 2.37. The smallest absolute Gasteiger partial charge is 0.0340 e. The highest BCUT2D eigenvalue weighted by Crippen LogP contribution is 2.22. The highest BCUT2D eigenvalue weighted by atomic mass is 15.3. The van der Waals surface area contributed by atoms with E-state index >= 15 is 0 Å². The molecule has 0 bridgehead atoms. The van der Waals surface area contributed by atoms with Crippen molar-refractivity contribution >= 4 is 5.69 Å². The van der Waals surface area contributed by atoms with Crippen molar-refractivity contribution in [1.82, 2.24) is 9.80 Å². The van der Waals surface area contributed by atoms with Crippen LogP contribution in [0.15, 0.2) is 30.3 Å². The maximum atomic E-state index is 3.52. The molecule has 1 aromatic carbocycles. The van der Waals surface area contributed by atoms with Crippen molar-refractivity contribution in [3.63, 3.8) is 0 Å². The highest BCUT2D eigenvalue weighted by Gasteiger charge is 2.32. The first-order valence-electron chi connectivity index (χ1n) is 7.27. The minimum atomic E-state index is 0.576. The fraction of sp³-hybridized carbons (Fsp3) is 0.625. The summed E-state index contributed by atoms with van der Waals surface area (Å²) in [7, 11) is 4.38. The van der Waals surface area contributed by atoms with Crippen LogP contribution in [0.1, 0.15) is 13.8 Å². The Balaban J connectivity index is 1.83. The monoisotopic (exact) mass is 261 g/mol. The van der Waals surface area contributed by atoms with Gasteiger partial charge in [-0.2, -0.15) is 0 Å². The van der Waals surface area contributed by atoms with Gasteiger partial charge in [-0.15, -0.1) is 0 Å². The molecule has 106 valence electrons. The number of likely N-dealkylation sites (N-methyl/N-ethyl adjacent to an activating group) is 1. The van der Waals surface area contributed by atoms with Crippen LogP contribution in [0.3, 0.4) is 0 Å². The Bertz CT molecular complexity index is 377. The minimum Gasteiger partial charge on any atom is -0.383 e. The quantitative estimate of drug-likeness (QED) is 0.878. The van der Waals surface area contributed by atoms with Crippen LogP contribution >= 0.6 is 0 Å². The summed E-state index contributed by atoms with van der Waals surface area (Å²) in [6, 6.07) is 11.7. The summed E-state index contributed by atoms with van der Waals surface area (Å²) in [4.78, 5) is 4.97. The molecule has 1 aliphatic rings. The number of nitrogens with zero attached hydrogens (tertiary/aromatic N) is 2. The number of hydrogen-bond acceptors (Lipinski definition) is 3. The number of benzene rings is 1. The lowest BCUT2D eigenvalue weighted by Crippen LogP contribution is -2.39. The molecule has 1 N–H and O–H groups in total. The molecule has 0 amide bonds. The zero-order chi connectivity index (χ0) is 13.8. The van der Waals surface area contributed by atoms with Gasteiger partial charge in [-0.25, -0.2) is 0 Å². The molecule has 1 heterocycles. The molecular formula is C16H27N3. The summed E-state index contributed by atoms with van der Waals surface area (Å²) in [6.45, 7) is 8.09. The van der Waals surface area contributed by atoms with Gasteiger partial charge in [-0.1, -0.05) is 25.1 Å². The van der Waals surface area contributed by atoms with Crippen molar-refractivity contribution in [3.05, 3.63) is 30.3 Å². The molecule has 3 nitrogen and oxygen atoms in total. The van der Waals surface area contributed by atoms with Gasteiger partial charge in [0.2, 0.25) is 0 Å². The molecule has 3 unspecified atom stereocenters. The standard InChI is InChI=1S/C16H27N3/c1-13-11-19(12-16(13)18(3)4)14(2)10-17-15-8-6-5-7-9-15/h5-9,13-14,16-17H,10-12H2,1-4H3. The Kier molecular flexibility index (Phi) is 4.83. The van der Waals surface area contributed by atoms with Gasteiger partial charge in [-0.05, 0) is 39.1 Å². The summed E-state index contributed by atoms with van der Waals surface area (Å²) in [5, 5.41) is 3.52. The molecule has 0 spiro atoms. The van der Waals surface area contributed by atoms with Crippen LogP contribution in [0.25, 0.3) is 0 Å². The van der Waals surface area contributed by atoms with Crippen LogP contribution in [-0.4, -0.2) is 55.6 Å². The maximum Gasteiger partial charge on any atom is 0.0340 e. The first kappa shape index (κ1) is 14.4. The van der Waals surface area contributed by atoms with Crippen molar-refractivity contribution in [2.45, 2.75) is 25.9 Å². The third-order valence-corrected chi connectivity index (χ3v) is 4.26. The van der Waals surface area contributed by atoms with Crippen LogP contribution in [-0.2, 0) is 0 Å². The molecule has 1 aliphatic heterocycles. The molecule has 0 aromatic heterocycles. The topological polar surface area (TPSA) is 18.5 Å². The van der Waals surface area contributed by atoms with E-state index in [1.165, 1.54) is 18.8 Å². The Labute approximate surface area is 117 Å². The lowest BCUT2D eigenvalue weighted by atomic mass is 10.1. The lowest BCUT2D eigenvalue weighted by Gasteiger charge is -2.26. The average Bonchev–Trinajstić information content (AvgIpc) is 2.79. The maximum absolute atomic E-state index is 3.52. The second kappa shape index (κ2) is 6.40. The first-order valence-corrected chi connectivity index (χ1v) is 7.27. The van der Waals surface area contributed by atoms with Crippen LogP contribution < -0.4 is 5.32 Å². The van der Waals surface area contributed by atoms with Crippen LogP contribution in [0.4, 0.5) is 5.69 Å². The summed E-state index contributed by atoms with van der Waals surface area (Å²) in [5.41, 5.74) is 1.21. The van der Waals surface area contributed by atoms with Crippen LogP contribution in [0, 0.1) is 5.92 Å². The Hall–Kier alpha value is -1.06. The lowest BCUT2D eigenvalue weighted by molar-refractivity contribution is 0.230. The summed E-state index contributed by atoms with van der Waals surface area (Å²) in [5.74, 6) is 0.758. The highest BCUT2D eigenvalue weighted by molar-refractivity contribution is 5.42. The number of anilines is 1. The number of nitrogens with one attached hydrogen (secondary N) is 1. The van der Waals surface area contributed by atoms with Crippen molar-refractivity contribution in [2.75, 3.05) is 39.0 Å². The molecule has 0 saturated carbocycles. The third kappa shape index (κ3) is 3.71. The summed E-state index contributed by atoms with van der Waals surface area (Å²) < 4.78 is 0. The molecule has 19 heavy (non-hydrogen) atoms. The van der Waals surface area contributed by atoms with Gasteiger partial charge in [0.25, 0.3) is 0 Å². The fourth-order valence-electron chi connectivity index (χ4n) is 2.97. The second-order valence-electron chi connectivity index (χ2n) is 6.06. The zero-order valence-electron chi connectivity index (χ0n) is 12.6. The number of para-hydroxylation sites is 1. The normalized spacial score (nSPS) is 25.7. The fourth-order valence-corrected chi connectivity index (χ4v) is 2.97. The first-order chi connectivity index (χ1) is 9.08. The second-order valence-corrected chi connectivity index (χ2v) is 6.06. The van der Waals surface area contributed by atoms with E-state index in [4.69, 9.17) is 0 Å². The number of likely N-dealkylation sites (tertiary alicyclic amines) is 1. The Morgan fingerprint density at radius 2 is 1.95 bits per heavy atom. The molecule has 0 aliphatic carbocycles. The van der Waals surface area contributed by atoms with Gasteiger partial charge in [0, 0.05) is 37.4 Å². The minimum absolute atomic E-state index is 0.576. The van der Waals surface area contributed by atoms with E-state index in [9.17, 15) is 0 Å². The average molecular weight is 261 g/mol. The molecule has 3 heteroatoms. The van der Waals surface area contributed by atoms with Gasteiger partial charge < -0.3 is 10.2 Å². The van der Waals surface area contributed by atoms with Crippen molar-refractivity contribution in [3.8, 4) is 0 Å². The molecule has 1 aromatic rings. The Morgan fingerprint density at radius 1 is 1.26 bits per heavy atom. The number of rotatable bonds is 5. The van der Waals surface area contributed by atoms with Gasteiger partial charge >= 0.3 is 0 Å². The van der Waals surface area contributed by atoms with E-state index < -0.39 is 0 Å². The molecule has 1 fully saturated rings. The van der Waals surface area contributed by atoms with Crippen molar-refractivity contribution in [2.24, 2.45) is 5.92 Å². The summed E-state index contributed by atoms with van der Waals surface area (Å²) >= 11 is 0. The van der Waals surface area contributed by atoms with E-state index in [0.29, 0.717) is 12.1 Å². The SMILES string of the molecule is CC1CN(C(C)CNc2ccccc2)CC1N(C)C. The van der Waals surface area contributed by atoms with E-state index in [2.05, 4.69) is 73.4 Å². The van der Waals surface area contributed by atoms with Crippen LogP contribution in [0.2, 0.25) is 0 Å². The zero-order valence-corrected chi connectivity index (χ0v) is 12.6. The summed E-state index contributed by atoms with van der Waals surface area (Å²) in [6.07, 6.45) is 0. The van der Waals surface area contributed by atoms with Gasteiger partial charge in [0.05, 0.1) is 0 Å². The van der Waals surface area contributed by atoms with E-state index in [0.717, 1.165) is 12.5 Å². The third-order valence-electron chi connectivity index (χ3n) is 4.26. The van der Waals surface area contributed by atoms with E-state index in [1.807, 2.05) is 0 Å². The predicted molar refractivity (Wildman–Crippen MR) is 82.6 cm³/mol. The van der Waals surface area contributed by atoms with Crippen molar-refractivity contribution < 1.29 is 0 Å². The van der Waals surface area contributed by atoms with Gasteiger partial charge in [0.1, 0.15) is 0 Å². The number of hydrogen-bond donors (Lipinski definition) is 1. The molecule has 3 atom stereocenters. The van der Waals surface area contributed by atoms with Crippen molar-refractivity contribution in [1.29, 1.82) is 0 Å². The Morgan fingerprint density at radius 3 is 2.53 bits per heavy atom.